The Labute approximate surface area is 144 Å². The highest BCUT2D eigenvalue weighted by Gasteiger charge is 2.17. The summed E-state index contributed by atoms with van der Waals surface area (Å²) in [7, 11) is 1.30. The third kappa shape index (κ3) is 4.02. The predicted molar refractivity (Wildman–Crippen MR) is 93.0 cm³/mol. The van der Waals surface area contributed by atoms with Crippen molar-refractivity contribution in [3.05, 3.63) is 64.7 Å². The fourth-order valence-electron chi connectivity index (χ4n) is 1.98. The molecular weight excluding hydrogens is 335 g/mol. The van der Waals surface area contributed by atoms with E-state index in [1.54, 1.807) is 6.92 Å². The number of hydrogen-bond donors (Lipinski definition) is 2. The van der Waals surface area contributed by atoms with Crippen molar-refractivity contribution in [1.29, 1.82) is 0 Å². The zero-order chi connectivity index (χ0) is 18.4. The van der Waals surface area contributed by atoms with Crippen molar-refractivity contribution in [2.24, 2.45) is 10.7 Å². The van der Waals surface area contributed by atoms with Gasteiger partial charge in [-0.25, -0.2) is 14.2 Å². The molecule has 0 atom stereocenters. The van der Waals surface area contributed by atoms with E-state index in [-0.39, 0.29) is 33.3 Å². The van der Waals surface area contributed by atoms with Crippen LogP contribution in [0.3, 0.4) is 0 Å². The van der Waals surface area contributed by atoms with Gasteiger partial charge in [-0.15, -0.1) is 0 Å². The van der Waals surface area contributed by atoms with Gasteiger partial charge in [-0.3, -0.25) is 0 Å². The summed E-state index contributed by atoms with van der Waals surface area (Å²) in [5.41, 5.74) is 6.12. The zero-order valence-electron chi connectivity index (χ0n) is 13.4. The number of nitrogens with zero attached hydrogens (tertiary/aromatic N) is 1. The molecule has 0 aliphatic rings. The molecule has 0 spiro atoms. The number of benzene rings is 1. The van der Waals surface area contributed by atoms with Gasteiger partial charge in [0.1, 0.15) is 5.82 Å². The minimum atomic E-state index is -1.25. The number of carboxylic acid groups (broad SMARTS) is 1. The first-order valence-corrected chi connectivity index (χ1v) is 7.30. The molecule has 0 heterocycles. The molecule has 0 aliphatic heterocycles. The van der Waals surface area contributed by atoms with Gasteiger partial charge in [0.05, 0.1) is 23.4 Å². The van der Waals surface area contributed by atoms with Crippen LogP contribution in [0, 0.1) is 5.82 Å². The van der Waals surface area contributed by atoms with Crippen LogP contribution in [0.25, 0.3) is 0 Å². The Hall–Kier alpha value is -2.60. The fourth-order valence-corrected chi connectivity index (χ4v) is 2.20. The number of allylic oxidation sites excluding steroid dienone is 1. The molecule has 128 valence electrons. The molecule has 0 aromatic heterocycles. The number of carbonyl (C=O) groups is 1. The zero-order valence-corrected chi connectivity index (χ0v) is 14.2. The first-order valence-electron chi connectivity index (χ1n) is 6.93. The molecule has 3 N–H and O–H groups in total. The minimum absolute atomic E-state index is 0.0646. The number of aliphatic imine (C=N–C) groups is 1. The highest BCUT2D eigenvalue weighted by atomic mass is 35.5. The molecule has 24 heavy (non-hydrogen) atoms. The van der Waals surface area contributed by atoms with Crippen LogP contribution >= 0.6 is 11.6 Å². The molecule has 1 aromatic rings. The summed E-state index contributed by atoms with van der Waals surface area (Å²) in [6.45, 7) is 8.68. The van der Waals surface area contributed by atoms with Gasteiger partial charge in [0.2, 0.25) is 0 Å². The summed E-state index contributed by atoms with van der Waals surface area (Å²) in [5, 5.41) is 9.14. The Morgan fingerprint density at radius 3 is 2.62 bits per heavy atom. The second-order valence-corrected chi connectivity index (χ2v) is 5.05. The number of nitrogens with two attached hydrogens (primary N) is 1. The van der Waals surface area contributed by atoms with E-state index in [2.05, 4.69) is 18.2 Å². The molecular formula is C17H18ClFN2O3. The molecule has 1 aromatic carbocycles. The number of rotatable bonds is 7. The molecule has 0 saturated heterocycles. The molecule has 1 rings (SSSR count). The first-order chi connectivity index (χ1) is 11.3. The summed E-state index contributed by atoms with van der Waals surface area (Å²) in [6.07, 6.45) is 1.58. The molecule has 0 radical (unpaired) electrons. The first kappa shape index (κ1) is 19.4. The van der Waals surface area contributed by atoms with Crippen LogP contribution in [0.15, 0.2) is 53.3 Å². The lowest BCUT2D eigenvalue weighted by Gasteiger charge is -2.11. The molecule has 5 nitrogen and oxygen atoms in total. The summed E-state index contributed by atoms with van der Waals surface area (Å²) < 4.78 is 19.5. The molecule has 0 saturated carbocycles. The van der Waals surface area contributed by atoms with Crippen molar-refractivity contribution in [1.82, 2.24) is 0 Å². The third-order valence-corrected chi connectivity index (χ3v) is 3.52. The predicted octanol–water partition coefficient (Wildman–Crippen LogP) is 3.68. The molecule has 0 fully saturated rings. The summed E-state index contributed by atoms with van der Waals surface area (Å²) >= 11 is 5.88. The second-order valence-electron chi connectivity index (χ2n) is 4.64. The van der Waals surface area contributed by atoms with Crippen molar-refractivity contribution in [3.63, 3.8) is 0 Å². The molecule has 0 aliphatic carbocycles. The minimum Gasteiger partial charge on any atom is -0.492 e. The molecule has 0 bridgehead atoms. The monoisotopic (exact) mass is 352 g/mol. The summed E-state index contributed by atoms with van der Waals surface area (Å²) in [6, 6.07) is 2.93. The van der Waals surface area contributed by atoms with E-state index in [4.69, 9.17) is 27.2 Å². The normalized spacial score (nSPS) is 12.4. The Balaban J connectivity index is 3.51. The lowest BCUT2D eigenvalue weighted by Crippen LogP contribution is -2.11. The highest BCUT2D eigenvalue weighted by Crippen LogP contribution is 2.30. The van der Waals surface area contributed by atoms with Gasteiger partial charge in [-0.1, -0.05) is 37.8 Å². The van der Waals surface area contributed by atoms with Crippen molar-refractivity contribution in [2.45, 2.75) is 13.3 Å². The average Bonchev–Trinajstić information content (AvgIpc) is 2.54. The van der Waals surface area contributed by atoms with Gasteiger partial charge < -0.3 is 15.6 Å². The molecule has 0 unspecified atom stereocenters. The lowest BCUT2D eigenvalue weighted by molar-refractivity contribution is -0.132. The Morgan fingerprint density at radius 1 is 1.54 bits per heavy atom. The number of halogens is 2. The maximum Gasteiger partial charge on any atom is 0.335 e. The van der Waals surface area contributed by atoms with Crippen LogP contribution in [0.2, 0.25) is 5.02 Å². The SMILES string of the molecule is C=C/C(C(=C)C(=O)O)=C(N)/N=C(\CC)c1ccc(Cl)c(OC)c1F. The van der Waals surface area contributed by atoms with Crippen LogP contribution in [0.5, 0.6) is 5.75 Å². The van der Waals surface area contributed by atoms with E-state index in [1.807, 2.05) is 0 Å². The number of aliphatic carboxylic acids is 1. The summed E-state index contributed by atoms with van der Waals surface area (Å²) in [4.78, 5) is 15.2. The van der Waals surface area contributed by atoms with Gasteiger partial charge in [-0.05, 0) is 18.6 Å². The van der Waals surface area contributed by atoms with Crippen LogP contribution in [-0.4, -0.2) is 23.9 Å². The largest absolute Gasteiger partial charge is 0.492 e. The van der Waals surface area contributed by atoms with Gasteiger partial charge in [0, 0.05) is 11.1 Å². The lowest BCUT2D eigenvalue weighted by atomic mass is 10.1. The number of methoxy groups -OCH3 is 1. The maximum absolute atomic E-state index is 14.5. The molecule has 0 amide bonds. The fraction of sp³-hybridized carbons (Fsp3) is 0.176. The maximum atomic E-state index is 14.5. The molecule has 7 heteroatoms. The summed E-state index contributed by atoms with van der Waals surface area (Å²) in [5.74, 6) is -2.14. The second kappa shape index (κ2) is 8.31. The number of ether oxygens (including phenoxy) is 1. The van der Waals surface area contributed by atoms with E-state index in [1.165, 1.54) is 25.3 Å². The number of hydrogen-bond acceptors (Lipinski definition) is 4. The van der Waals surface area contributed by atoms with Crippen molar-refractivity contribution >= 4 is 23.3 Å². The van der Waals surface area contributed by atoms with Gasteiger partial charge >= 0.3 is 5.97 Å². The van der Waals surface area contributed by atoms with Gasteiger partial charge in [0.25, 0.3) is 0 Å². The number of carboxylic acids is 1. The van der Waals surface area contributed by atoms with Crippen LogP contribution in [0.1, 0.15) is 18.9 Å². The average molecular weight is 353 g/mol. The highest BCUT2D eigenvalue weighted by molar-refractivity contribution is 6.32. The van der Waals surface area contributed by atoms with Crippen molar-refractivity contribution < 1.29 is 19.0 Å². The van der Waals surface area contributed by atoms with Crippen LogP contribution in [0.4, 0.5) is 4.39 Å². The van der Waals surface area contributed by atoms with Crippen molar-refractivity contribution in [3.8, 4) is 5.75 Å². The topological polar surface area (TPSA) is 84.9 Å². The van der Waals surface area contributed by atoms with Crippen molar-refractivity contribution in [2.75, 3.05) is 7.11 Å². The van der Waals surface area contributed by atoms with Gasteiger partial charge in [0.15, 0.2) is 11.6 Å². The van der Waals surface area contributed by atoms with E-state index >= 15 is 0 Å². The Morgan fingerprint density at radius 2 is 2.17 bits per heavy atom. The van der Waals surface area contributed by atoms with Crippen LogP contribution < -0.4 is 10.5 Å². The van der Waals surface area contributed by atoms with Crippen LogP contribution in [-0.2, 0) is 4.79 Å². The Bertz CT molecular complexity index is 754. The standard InChI is InChI=1S/C17H18ClFN2O3/c1-5-10(9(3)17(22)23)16(20)21-13(6-2)11-7-8-12(18)15(24-4)14(11)19/h5,7-8H,1,3,6,20H2,2,4H3,(H,22,23)/b16-10-,21-13+. The smallest absolute Gasteiger partial charge is 0.335 e. The Kier molecular flexibility index (Phi) is 6.73. The van der Waals surface area contributed by atoms with E-state index in [0.29, 0.717) is 12.1 Å². The van der Waals surface area contributed by atoms with E-state index in [0.717, 1.165) is 0 Å². The van der Waals surface area contributed by atoms with E-state index in [9.17, 15) is 9.18 Å². The third-order valence-electron chi connectivity index (χ3n) is 3.22. The van der Waals surface area contributed by atoms with E-state index < -0.39 is 11.8 Å². The quantitative estimate of drug-likeness (QED) is 0.445. The van der Waals surface area contributed by atoms with Gasteiger partial charge in [-0.2, -0.15) is 0 Å².